The summed E-state index contributed by atoms with van der Waals surface area (Å²) in [5, 5.41) is 0. The number of nitrogens with one attached hydrogen (secondary N) is 1. The number of fused-ring (bicyclic) bond motifs is 2. The predicted molar refractivity (Wildman–Crippen MR) is 105 cm³/mol. The van der Waals surface area contributed by atoms with Crippen LogP contribution < -0.4 is 5.69 Å². The van der Waals surface area contributed by atoms with Gasteiger partial charge >= 0.3 is 5.69 Å². The van der Waals surface area contributed by atoms with E-state index in [-0.39, 0.29) is 16.6 Å². The van der Waals surface area contributed by atoms with E-state index in [0.717, 1.165) is 6.26 Å². The number of imidazole rings is 2. The third kappa shape index (κ3) is 2.90. The predicted octanol–water partition coefficient (Wildman–Crippen LogP) is 1.34. The van der Waals surface area contributed by atoms with E-state index in [1.807, 2.05) is 6.08 Å². The number of hydrogen-bond acceptors (Lipinski definition) is 7. The maximum absolute atomic E-state index is 12.5. The first-order chi connectivity index (χ1) is 13.9. The van der Waals surface area contributed by atoms with Gasteiger partial charge in [0.05, 0.1) is 41.0 Å². The Hall–Kier alpha value is -3.47. The Morgan fingerprint density at radius 1 is 1.28 bits per heavy atom. The van der Waals surface area contributed by atoms with Crippen LogP contribution in [-0.4, -0.2) is 50.4 Å². The van der Waals surface area contributed by atoms with Crippen molar-refractivity contribution in [3.05, 3.63) is 53.5 Å². The van der Waals surface area contributed by atoms with Crippen molar-refractivity contribution >= 4 is 32.0 Å². The minimum Gasteiger partial charge on any atom is -0.501 e. The normalized spacial score (nSPS) is 17.1. The zero-order valence-corrected chi connectivity index (χ0v) is 16.1. The number of ether oxygens (including phenoxy) is 1. The fourth-order valence-electron chi connectivity index (χ4n) is 3.43. The summed E-state index contributed by atoms with van der Waals surface area (Å²) < 4.78 is 32.0. The molecule has 0 amide bonds. The lowest BCUT2D eigenvalue weighted by atomic mass is 10.2. The largest absolute Gasteiger partial charge is 0.501 e. The molecule has 0 spiro atoms. The smallest absolute Gasteiger partial charge is 0.328 e. The zero-order chi connectivity index (χ0) is 20.2. The van der Waals surface area contributed by atoms with Gasteiger partial charge < -0.3 is 9.72 Å². The molecule has 5 rings (SSSR count). The number of allylic oxidation sites excluding steroid dienone is 1. The zero-order valence-electron chi connectivity index (χ0n) is 15.3. The fourth-order valence-corrected chi connectivity index (χ4v) is 4.07. The van der Waals surface area contributed by atoms with Gasteiger partial charge in [-0.15, -0.1) is 0 Å². The van der Waals surface area contributed by atoms with Crippen LogP contribution in [0.15, 0.2) is 52.8 Å². The molecule has 4 aromatic rings. The number of H-pyrrole nitrogens is 1. The summed E-state index contributed by atoms with van der Waals surface area (Å²) in [7, 11) is -3.33. The Balaban J connectivity index is 1.67. The van der Waals surface area contributed by atoms with Crippen molar-refractivity contribution < 1.29 is 13.2 Å². The molecule has 0 fully saturated rings. The summed E-state index contributed by atoms with van der Waals surface area (Å²) in [6.45, 7) is 0.521. The summed E-state index contributed by atoms with van der Waals surface area (Å²) in [6.07, 6.45) is 8.29. The van der Waals surface area contributed by atoms with Gasteiger partial charge in [0.1, 0.15) is 11.8 Å². The number of rotatable bonds is 3. The van der Waals surface area contributed by atoms with Crippen molar-refractivity contribution in [3.8, 4) is 5.95 Å². The van der Waals surface area contributed by atoms with Crippen molar-refractivity contribution in [2.75, 3.05) is 12.9 Å². The molecule has 0 bridgehead atoms. The number of aromatic amines is 1. The first kappa shape index (κ1) is 17.6. The van der Waals surface area contributed by atoms with Crippen LogP contribution in [0.2, 0.25) is 0 Å². The lowest BCUT2D eigenvalue weighted by Crippen LogP contribution is -2.24. The summed E-state index contributed by atoms with van der Waals surface area (Å²) in [5.74, 6) is 0.330. The van der Waals surface area contributed by atoms with E-state index in [2.05, 4.69) is 19.9 Å². The number of hydrogen-bond donors (Lipinski definition) is 1. The topological polar surface area (TPSA) is 125 Å². The highest BCUT2D eigenvalue weighted by molar-refractivity contribution is 7.90. The van der Waals surface area contributed by atoms with Crippen LogP contribution in [0.1, 0.15) is 12.5 Å². The van der Waals surface area contributed by atoms with E-state index in [1.54, 1.807) is 27.7 Å². The van der Waals surface area contributed by atoms with Gasteiger partial charge in [0, 0.05) is 12.7 Å². The van der Waals surface area contributed by atoms with E-state index < -0.39 is 9.84 Å². The molecule has 11 heteroatoms. The Kier molecular flexibility index (Phi) is 3.81. The maximum Gasteiger partial charge on any atom is 0.328 e. The third-order valence-corrected chi connectivity index (χ3v) is 5.98. The highest BCUT2D eigenvalue weighted by Gasteiger charge is 2.20. The van der Waals surface area contributed by atoms with Gasteiger partial charge in [0.25, 0.3) is 0 Å². The van der Waals surface area contributed by atoms with Gasteiger partial charge in [-0.25, -0.2) is 23.2 Å². The molecule has 148 valence electrons. The Labute approximate surface area is 164 Å². The van der Waals surface area contributed by atoms with Gasteiger partial charge in [0.15, 0.2) is 15.5 Å². The summed E-state index contributed by atoms with van der Waals surface area (Å²) in [6, 6.07) is 4.54. The molecule has 29 heavy (non-hydrogen) atoms. The Morgan fingerprint density at radius 3 is 2.90 bits per heavy atom. The van der Waals surface area contributed by atoms with Crippen molar-refractivity contribution in [2.45, 2.75) is 17.4 Å². The molecule has 4 heterocycles. The first-order valence-corrected chi connectivity index (χ1v) is 10.7. The van der Waals surface area contributed by atoms with Gasteiger partial charge in [0.2, 0.25) is 5.95 Å². The van der Waals surface area contributed by atoms with Gasteiger partial charge in [-0.3, -0.25) is 9.13 Å². The number of aromatic nitrogens is 6. The van der Waals surface area contributed by atoms with Crippen LogP contribution in [-0.2, 0) is 14.6 Å². The molecule has 0 radical (unpaired) electrons. The second-order valence-electron chi connectivity index (χ2n) is 6.80. The van der Waals surface area contributed by atoms with Crippen molar-refractivity contribution in [1.29, 1.82) is 0 Å². The summed E-state index contributed by atoms with van der Waals surface area (Å²) >= 11 is 0. The molecule has 10 nitrogen and oxygen atoms in total. The van der Waals surface area contributed by atoms with Crippen LogP contribution in [0.25, 0.3) is 28.1 Å². The second-order valence-corrected chi connectivity index (χ2v) is 8.82. The van der Waals surface area contributed by atoms with E-state index in [4.69, 9.17) is 4.74 Å². The quantitative estimate of drug-likeness (QED) is 0.538. The van der Waals surface area contributed by atoms with Crippen molar-refractivity contribution in [1.82, 2.24) is 29.1 Å². The van der Waals surface area contributed by atoms with Crippen LogP contribution in [0.4, 0.5) is 0 Å². The van der Waals surface area contributed by atoms with E-state index in [9.17, 15) is 13.2 Å². The Bertz CT molecular complexity index is 1450. The van der Waals surface area contributed by atoms with Crippen LogP contribution in [0.5, 0.6) is 0 Å². The number of nitrogens with zero attached hydrogens (tertiary/aromatic N) is 5. The van der Waals surface area contributed by atoms with Crippen LogP contribution in [0.3, 0.4) is 0 Å². The minimum absolute atomic E-state index is 0.162. The summed E-state index contributed by atoms with van der Waals surface area (Å²) in [5.41, 5.74) is 1.91. The molecule has 1 unspecified atom stereocenters. The van der Waals surface area contributed by atoms with E-state index in [0.29, 0.717) is 41.2 Å². The second kappa shape index (κ2) is 6.27. The molecule has 1 N–H and O–H groups in total. The third-order valence-electron chi connectivity index (χ3n) is 4.87. The van der Waals surface area contributed by atoms with E-state index in [1.165, 1.54) is 18.5 Å². The first-order valence-electron chi connectivity index (χ1n) is 8.85. The van der Waals surface area contributed by atoms with Crippen LogP contribution >= 0.6 is 0 Å². The van der Waals surface area contributed by atoms with Crippen molar-refractivity contribution in [3.63, 3.8) is 0 Å². The van der Waals surface area contributed by atoms with Gasteiger partial charge in [-0.1, -0.05) is 0 Å². The number of sulfone groups is 1. The van der Waals surface area contributed by atoms with Gasteiger partial charge in [-0.2, -0.15) is 4.98 Å². The maximum atomic E-state index is 12.5. The summed E-state index contributed by atoms with van der Waals surface area (Å²) in [4.78, 5) is 28.6. The lowest BCUT2D eigenvalue weighted by molar-refractivity contribution is 0.209. The van der Waals surface area contributed by atoms with E-state index >= 15 is 0 Å². The molecule has 1 aliphatic heterocycles. The minimum atomic E-state index is -3.33. The monoisotopic (exact) mass is 412 g/mol. The molecule has 0 saturated carbocycles. The molecule has 1 aliphatic rings. The molecule has 0 aliphatic carbocycles. The molecular formula is C18H16N6O4S. The average Bonchev–Trinajstić information content (AvgIpc) is 3.27. The fraction of sp³-hybridized carbons (Fsp3) is 0.222. The molecule has 1 aromatic carbocycles. The highest BCUT2D eigenvalue weighted by atomic mass is 32.2. The standard InChI is InChI=1S/C18H16N6O4S/c1-29(26,27)12-2-3-15-13(8-12)20-10-23(15)17-19-9-14-16(22-17)24(18(25)21-14)11-4-6-28-7-5-11/h2-4,6,8-11H,5,7H2,1H3,(H,21,25). The highest BCUT2D eigenvalue weighted by Crippen LogP contribution is 2.23. The molecule has 1 atom stereocenters. The van der Waals surface area contributed by atoms with Crippen molar-refractivity contribution in [2.24, 2.45) is 0 Å². The Morgan fingerprint density at radius 2 is 2.14 bits per heavy atom. The average molecular weight is 412 g/mol. The molecule has 0 saturated heterocycles. The lowest BCUT2D eigenvalue weighted by Gasteiger charge is -2.17. The number of benzene rings is 1. The van der Waals surface area contributed by atoms with Gasteiger partial charge in [-0.05, 0) is 24.3 Å². The SMILES string of the molecule is CS(=O)(=O)c1ccc2c(c1)ncn2-c1ncc2[nH]c(=O)n(C3C=COCC3)c2n1. The van der Waals surface area contributed by atoms with Crippen LogP contribution in [0, 0.1) is 0 Å². The molecule has 3 aromatic heterocycles. The molecular weight excluding hydrogens is 396 g/mol.